The maximum absolute atomic E-state index is 5.62. The van der Waals surface area contributed by atoms with Crippen molar-refractivity contribution < 1.29 is 18.9 Å². The van der Waals surface area contributed by atoms with Gasteiger partial charge in [-0.05, 0) is 6.42 Å². The SMILES string of the molecule is CCCCCCCCCCCCCCCOCCOCCOCCOCCI. The van der Waals surface area contributed by atoms with Crippen molar-refractivity contribution in [3.8, 4) is 0 Å². The van der Waals surface area contributed by atoms with Crippen LogP contribution in [0.2, 0.25) is 0 Å². The third-order valence-electron chi connectivity index (χ3n) is 4.73. The van der Waals surface area contributed by atoms with Gasteiger partial charge in [0.2, 0.25) is 0 Å². The standard InChI is InChI=1S/C23H47IO4/c1-2-3-4-5-6-7-8-9-10-11-12-13-14-16-25-18-20-27-22-23-28-21-19-26-17-15-24/h2-23H2,1H3. The minimum Gasteiger partial charge on any atom is -0.379 e. The van der Waals surface area contributed by atoms with E-state index in [1.165, 1.54) is 83.5 Å². The number of rotatable bonds is 25. The molecule has 0 spiro atoms. The van der Waals surface area contributed by atoms with E-state index in [2.05, 4.69) is 29.5 Å². The Morgan fingerprint density at radius 2 is 0.714 bits per heavy atom. The number of ether oxygens (including phenoxy) is 4. The lowest BCUT2D eigenvalue weighted by Gasteiger charge is -2.07. The van der Waals surface area contributed by atoms with Crippen LogP contribution in [0.1, 0.15) is 90.4 Å². The molecule has 0 aromatic carbocycles. The summed E-state index contributed by atoms with van der Waals surface area (Å²) in [5.41, 5.74) is 0. The van der Waals surface area contributed by atoms with Crippen molar-refractivity contribution in [1.29, 1.82) is 0 Å². The van der Waals surface area contributed by atoms with Gasteiger partial charge in [0.15, 0.2) is 0 Å². The Morgan fingerprint density at radius 1 is 0.393 bits per heavy atom. The molecular weight excluding hydrogens is 467 g/mol. The van der Waals surface area contributed by atoms with E-state index in [0.29, 0.717) is 39.6 Å². The van der Waals surface area contributed by atoms with Crippen molar-refractivity contribution in [2.24, 2.45) is 0 Å². The zero-order valence-electron chi connectivity index (χ0n) is 18.6. The number of alkyl halides is 1. The topological polar surface area (TPSA) is 36.9 Å². The molecule has 5 heteroatoms. The van der Waals surface area contributed by atoms with Gasteiger partial charge in [-0.3, -0.25) is 0 Å². The molecule has 0 heterocycles. The monoisotopic (exact) mass is 514 g/mol. The Labute approximate surface area is 188 Å². The van der Waals surface area contributed by atoms with Gasteiger partial charge in [0, 0.05) is 11.0 Å². The van der Waals surface area contributed by atoms with Crippen LogP contribution >= 0.6 is 22.6 Å². The highest BCUT2D eigenvalue weighted by atomic mass is 127. The molecule has 0 radical (unpaired) electrons. The fourth-order valence-corrected chi connectivity index (χ4v) is 3.35. The van der Waals surface area contributed by atoms with Gasteiger partial charge in [-0.15, -0.1) is 0 Å². The Morgan fingerprint density at radius 3 is 1.11 bits per heavy atom. The predicted octanol–water partition coefficient (Wildman–Crippen LogP) is 6.58. The van der Waals surface area contributed by atoms with Gasteiger partial charge in [0.25, 0.3) is 0 Å². The van der Waals surface area contributed by atoms with Crippen molar-refractivity contribution in [2.45, 2.75) is 90.4 Å². The molecule has 0 aliphatic rings. The Kier molecular flexibility index (Phi) is 28.1. The molecule has 0 saturated carbocycles. The second-order valence-corrected chi connectivity index (χ2v) is 8.46. The van der Waals surface area contributed by atoms with Gasteiger partial charge in [-0.1, -0.05) is 107 Å². The summed E-state index contributed by atoms with van der Waals surface area (Å²) in [5, 5.41) is 0. The molecule has 0 aliphatic heterocycles. The molecule has 170 valence electrons. The van der Waals surface area contributed by atoms with Crippen LogP contribution in [-0.2, 0) is 18.9 Å². The molecule has 0 saturated heterocycles. The van der Waals surface area contributed by atoms with Gasteiger partial charge in [0.1, 0.15) is 0 Å². The first-order chi connectivity index (χ1) is 13.9. The molecule has 0 atom stereocenters. The maximum atomic E-state index is 5.62. The van der Waals surface area contributed by atoms with Gasteiger partial charge in [0.05, 0.1) is 46.2 Å². The van der Waals surface area contributed by atoms with E-state index < -0.39 is 0 Å². The van der Waals surface area contributed by atoms with E-state index in [0.717, 1.165) is 17.6 Å². The normalized spacial score (nSPS) is 11.4. The molecular formula is C23H47IO4. The van der Waals surface area contributed by atoms with E-state index in [4.69, 9.17) is 18.9 Å². The molecule has 0 rings (SSSR count). The smallest absolute Gasteiger partial charge is 0.0701 e. The average molecular weight is 515 g/mol. The van der Waals surface area contributed by atoms with Crippen molar-refractivity contribution in [1.82, 2.24) is 0 Å². The summed E-state index contributed by atoms with van der Waals surface area (Å²) >= 11 is 2.30. The number of hydrogen-bond acceptors (Lipinski definition) is 4. The highest BCUT2D eigenvalue weighted by molar-refractivity contribution is 14.1. The van der Waals surface area contributed by atoms with Gasteiger partial charge < -0.3 is 18.9 Å². The summed E-state index contributed by atoms with van der Waals surface area (Å²) < 4.78 is 22.9. The Bertz CT molecular complexity index is 241. The van der Waals surface area contributed by atoms with Crippen molar-refractivity contribution >= 4 is 22.6 Å². The molecule has 0 unspecified atom stereocenters. The summed E-state index contributed by atoms with van der Waals surface area (Å²) in [6.07, 6.45) is 18.0. The van der Waals surface area contributed by atoms with Crippen LogP contribution in [0.15, 0.2) is 0 Å². The largest absolute Gasteiger partial charge is 0.379 e. The quantitative estimate of drug-likeness (QED) is 0.0784. The molecule has 0 aliphatic carbocycles. The van der Waals surface area contributed by atoms with Crippen molar-refractivity contribution in [2.75, 3.05) is 57.3 Å². The van der Waals surface area contributed by atoms with Crippen molar-refractivity contribution in [3.63, 3.8) is 0 Å². The molecule has 28 heavy (non-hydrogen) atoms. The van der Waals surface area contributed by atoms with Crippen LogP contribution < -0.4 is 0 Å². The van der Waals surface area contributed by atoms with Crippen LogP contribution in [0, 0.1) is 0 Å². The van der Waals surface area contributed by atoms with E-state index >= 15 is 0 Å². The minimum atomic E-state index is 0.631. The highest BCUT2D eigenvalue weighted by Gasteiger charge is 1.95. The molecule has 4 nitrogen and oxygen atoms in total. The van der Waals surface area contributed by atoms with Crippen LogP contribution in [-0.4, -0.2) is 57.3 Å². The minimum absolute atomic E-state index is 0.631. The lowest BCUT2D eigenvalue weighted by atomic mass is 10.0. The first kappa shape index (κ1) is 28.6. The molecule has 0 aromatic rings. The summed E-state index contributed by atoms with van der Waals surface area (Å²) in [7, 11) is 0. The average Bonchev–Trinajstić information content (AvgIpc) is 2.71. The highest BCUT2D eigenvalue weighted by Crippen LogP contribution is 2.12. The van der Waals surface area contributed by atoms with E-state index in [-0.39, 0.29) is 0 Å². The van der Waals surface area contributed by atoms with Crippen LogP contribution in [0.5, 0.6) is 0 Å². The van der Waals surface area contributed by atoms with Crippen LogP contribution in [0.25, 0.3) is 0 Å². The summed E-state index contributed by atoms with van der Waals surface area (Å²) in [4.78, 5) is 0. The first-order valence-electron chi connectivity index (χ1n) is 11.8. The lowest BCUT2D eigenvalue weighted by molar-refractivity contribution is -0.000458. The van der Waals surface area contributed by atoms with Gasteiger partial charge in [-0.2, -0.15) is 0 Å². The molecule has 0 amide bonds. The summed E-state index contributed by atoms with van der Waals surface area (Å²) in [6, 6.07) is 0. The summed E-state index contributed by atoms with van der Waals surface area (Å²) in [6.45, 7) is 7.89. The van der Waals surface area contributed by atoms with E-state index in [9.17, 15) is 0 Å². The summed E-state index contributed by atoms with van der Waals surface area (Å²) in [5.74, 6) is 0. The number of unbranched alkanes of at least 4 members (excludes halogenated alkanes) is 12. The molecule has 0 aromatic heterocycles. The Balaban J connectivity index is 2.96. The Hall–Kier alpha value is 0.570. The molecule has 0 N–H and O–H groups in total. The third kappa shape index (κ3) is 26.6. The fourth-order valence-electron chi connectivity index (χ4n) is 3.04. The van der Waals surface area contributed by atoms with E-state index in [1.807, 2.05) is 0 Å². The molecule has 0 bridgehead atoms. The lowest BCUT2D eigenvalue weighted by Crippen LogP contribution is -2.12. The van der Waals surface area contributed by atoms with Crippen LogP contribution in [0.3, 0.4) is 0 Å². The van der Waals surface area contributed by atoms with Gasteiger partial charge in [-0.25, -0.2) is 0 Å². The maximum Gasteiger partial charge on any atom is 0.0701 e. The van der Waals surface area contributed by atoms with Crippen LogP contribution in [0.4, 0.5) is 0 Å². The first-order valence-corrected chi connectivity index (χ1v) is 13.3. The number of hydrogen-bond donors (Lipinski definition) is 0. The zero-order valence-corrected chi connectivity index (χ0v) is 20.7. The second kappa shape index (κ2) is 27.6. The third-order valence-corrected chi connectivity index (χ3v) is 5.17. The zero-order chi connectivity index (χ0) is 20.4. The second-order valence-electron chi connectivity index (χ2n) is 7.38. The van der Waals surface area contributed by atoms with Crippen molar-refractivity contribution in [3.05, 3.63) is 0 Å². The molecule has 0 fully saturated rings. The number of halogens is 1. The fraction of sp³-hybridized carbons (Fsp3) is 1.00. The predicted molar refractivity (Wildman–Crippen MR) is 128 cm³/mol. The van der Waals surface area contributed by atoms with E-state index in [1.54, 1.807) is 0 Å². The van der Waals surface area contributed by atoms with Gasteiger partial charge >= 0.3 is 0 Å².